The first-order valence-corrected chi connectivity index (χ1v) is 10.8. The molecule has 146 valence electrons. The summed E-state index contributed by atoms with van der Waals surface area (Å²) >= 11 is 0. The second-order valence-electron chi connectivity index (χ2n) is 6.75. The molecule has 3 rings (SSSR count). The highest BCUT2D eigenvalue weighted by molar-refractivity contribution is 7.88. The first kappa shape index (κ1) is 19.6. The molecule has 1 N–H and O–H groups in total. The van der Waals surface area contributed by atoms with Gasteiger partial charge in [0.25, 0.3) is 5.91 Å². The number of hydrogen-bond acceptors (Lipinski definition) is 4. The van der Waals surface area contributed by atoms with E-state index in [4.69, 9.17) is 4.42 Å². The van der Waals surface area contributed by atoms with Gasteiger partial charge in [-0.3, -0.25) is 4.79 Å². The Morgan fingerprint density at radius 3 is 2.78 bits per heavy atom. The molecule has 0 saturated carbocycles. The lowest BCUT2D eigenvalue weighted by Gasteiger charge is -2.35. The summed E-state index contributed by atoms with van der Waals surface area (Å²) in [6, 6.07) is 9.34. The van der Waals surface area contributed by atoms with Crippen molar-refractivity contribution in [2.45, 2.75) is 31.7 Å². The smallest absolute Gasteiger partial charge is 0.289 e. The van der Waals surface area contributed by atoms with Gasteiger partial charge in [0.1, 0.15) is 11.6 Å². The van der Waals surface area contributed by atoms with Gasteiger partial charge in [-0.2, -0.15) is 0 Å². The predicted octanol–water partition coefficient (Wildman–Crippen LogP) is 3.02. The number of halogens is 1. The minimum absolute atomic E-state index is 0.0532. The van der Waals surface area contributed by atoms with E-state index in [2.05, 4.69) is 4.72 Å². The van der Waals surface area contributed by atoms with Crippen molar-refractivity contribution in [1.29, 1.82) is 0 Å². The molecule has 6 nitrogen and oxygen atoms in total. The first-order valence-electron chi connectivity index (χ1n) is 8.95. The Kier molecular flexibility index (Phi) is 5.96. The van der Waals surface area contributed by atoms with E-state index in [1.807, 2.05) is 0 Å². The maximum Gasteiger partial charge on any atom is 0.289 e. The molecule has 1 unspecified atom stereocenters. The normalized spacial score (nSPS) is 17.9. The fourth-order valence-corrected chi connectivity index (χ4v) is 3.87. The molecule has 1 amide bonds. The first-order chi connectivity index (χ1) is 12.8. The number of likely N-dealkylation sites (tertiary alicyclic amines) is 1. The molecule has 1 aromatic heterocycles. The van der Waals surface area contributed by atoms with E-state index >= 15 is 0 Å². The van der Waals surface area contributed by atoms with Gasteiger partial charge in [0.15, 0.2) is 5.76 Å². The SMILES string of the molecule is CS(=O)(=O)NCCC1CCCCN1C(=O)c1ccc(-c2ccccc2F)o1. The van der Waals surface area contributed by atoms with Gasteiger partial charge in [0.2, 0.25) is 10.0 Å². The number of nitrogens with one attached hydrogen (secondary N) is 1. The molecule has 1 aliphatic rings. The Hall–Kier alpha value is -2.19. The average molecular weight is 394 g/mol. The average Bonchev–Trinajstić information content (AvgIpc) is 3.11. The van der Waals surface area contributed by atoms with Crippen LogP contribution in [0.25, 0.3) is 11.3 Å². The topological polar surface area (TPSA) is 79.6 Å². The van der Waals surface area contributed by atoms with Crippen molar-refractivity contribution in [3.05, 3.63) is 48.0 Å². The summed E-state index contributed by atoms with van der Waals surface area (Å²) in [5.41, 5.74) is 0.309. The van der Waals surface area contributed by atoms with Crippen LogP contribution in [0.3, 0.4) is 0 Å². The summed E-state index contributed by atoms with van der Waals surface area (Å²) in [5.74, 6) is -0.185. The van der Waals surface area contributed by atoms with Gasteiger partial charge in [-0.15, -0.1) is 0 Å². The molecule has 2 heterocycles. The Morgan fingerprint density at radius 2 is 2.04 bits per heavy atom. The van der Waals surface area contributed by atoms with E-state index in [1.54, 1.807) is 35.2 Å². The zero-order valence-electron chi connectivity index (χ0n) is 15.2. The molecule has 0 bridgehead atoms. The number of carbonyl (C=O) groups excluding carboxylic acids is 1. The molecule has 1 fully saturated rings. The molecule has 2 aromatic rings. The number of sulfonamides is 1. The molecule has 0 aliphatic carbocycles. The van der Waals surface area contributed by atoms with Crippen LogP contribution in [0.2, 0.25) is 0 Å². The van der Waals surface area contributed by atoms with Crippen molar-refractivity contribution < 1.29 is 22.0 Å². The molecule has 8 heteroatoms. The summed E-state index contributed by atoms with van der Waals surface area (Å²) in [6.07, 6.45) is 4.36. The van der Waals surface area contributed by atoms with Crippen molar-refractivity contribution in [3.8, 4) is 11.3 Å². The summed E-state index contributed by atoms with van der Waals surface area (Å²) in [4.78, 5) is 14.6. The van der Waals surface area contributed by atoms with E-state index in [0.29, 0.717) is 24.3 Å². The summed E-state index contributed by atoms with van der Waals surface area (Å²) in [7, 11) is -3.25. The molecule has 0 spiro atoms. The molecule has 27 heavy (non-hydrogen) atoms. The molecule has 1 aliphatic heterocycles. The lowest BCUT2D eigenvalue weighted by molar-refractivity contribution is 0.0572. The third kappa shape index (κ3) is 4.95. The summed E-state index contributed by atoms with van der Waals surface area (Å²) in [5, 5.41) is 0. The van der Waals surface area contributed by atoms with Crippen LogP contribution in [-0.2, 0) is 10.0 Å². The Morgan fingerprint density at radius 1 is 1.26 bits per heavy atom. The number of furan rings is 1. The van der Waals surface area contributed by atoms with Crippen LogP contribution in [0.1, 0.15) is 36.2 Å². The van der Waals surface area contributed by atoms with Crippen LogP contribution in [0.4, 0.5) is 4.39 Å². The lowest BCUT2D eigenvalue weighted by atomic mass is 9.99. The van der Waals surface area contributed by atoms with Gasteiger partial charge in [-0.25, -0.2) is 17.5 Å². The Bertz CT molecular complexity index is 910. The van der Waals surface area contributed by atoms with Crippen molar-refractivity contribution in [3.63, 3.8) is 0 Å². The second-order valence-corrected chi connectivity index (χ2v) is 8.58. The van der Waals surface area contributed by atoms with E-state index in [0.717, 1.165) is 25.5 Å². The quantitative estimate of drug-likeness (QED) is 0.817. The maximum atomic E-state index is 13.9. The van der Waals surface area contributed by atoms with E-state index in [-0.39, 0.29) is 24.3 Å². The number of hydrogen-bond donors (Lipinski definition) is 1. The second kappa shape index (κ2) is 8.22. The number of benzene rings is 1. The van der Waals surface area contributed by atoms with Crippen LogP contribution >= 0.6 is 0 Å². The molecule has 0 radical (unpaired) electrons. The summed E-state index contributed by atoms with van der Waals surface area (Å²) in [6.45, 7) is 0.879. The zero-order valence-corrected chi connectivity index (χ0v) is 16.0. The lowest BCUT2D eigenvalue weighted by Crippen LogP contribution is -2.45. The minimum atomic E-state index is -3.25. The van der Waals surface area contributed by atoms with Gasteiger partial charge < -0.3 is 9.32 Å². The van der Waals surface area contributed by atoms with E-state index < -0.39 is 15.8 Å². The van der Waals surface area contributed by atoms with E-state index in [1.165, 1.54) is 6.07 Å². The molecule has 1 aromatic carbocycles. The third-order valence-electron chi connectivity index (χ3n) is 4.69. The fourth-order valence-electron chi connectivity index (χ4n) is 3.38. The predicted molar refractivity (Wildman–Crippen MR) is 100 cm³/mol. The van der Waals surface area contributed by atoms with E-state index in [9.17, 15) is 17.6 Å². The van der Waals surface area contributed by atoms with Crippen LogP contribution in [0.15, 0.2) is 40.8 Å². The largest absolute Gasteiger partial charge is 0.451 e. The molecule has 1 saturated heterocycles. The monoisotopic (exact) mass is 394 g/mol. The molecular formula is C19H23FN2O4S. The maximum absolute atomic E-state index is 13.9. The van der Waals surface area contributed by atoms with Crippen LogP contribution in [-0.4, -0.2) is 44.6 Å². The Balaban J connectivity index is 1.72. The van der Waals surface area contributed by atoms with Gasteiger partial charge in [-0.1, -0.05) is 12.1 Å². The van der Waals surface area contributed by atoms with Gasteiger partial charge >= 0.3 is 0 Å². The standard InChI is InChI=1S/C19H23FN2O4S/c1-27(24,25)21-12-11-14-6-4-5-13-22(14)19(23)18-10-9-17(26-18)15-7-2-3-8-16(15)20/h2-3,7-10,14,21H,4-6,11-13H2,1H3. The number of piperidine rings is 1. The van der Waals surface area contributed by atoms with Gasteiger partial charge in [0.05, 0.1) is 11.8 Å². The number of rotatable bonds is 6. The van der Waals surface area contributed by atoms with Crippen LogP contribution in [0.5, 0.6) is 0 Å². The highest BCUT2D eigenvalue weighted by Crippen LogP contribution is 2.27. The van der Waals surface area contributed by atoms with Crippen molar-refractivity contribution in [2.75, 3.05) is 19.3 Å². The van der Waals surface area contributed by atoms with Gasteiger partial charge in [-0.05, 0) is 49.9 Å². The highest BCUT2D eigenvalue weighted by atomic mass is 32.2. The molecule has 1 atom stereocenters. The third-order valence-corrected chi connectivity index (χ3v) is 5.41. The highest BCUT2D eigenvalue weighted by Gasteiger charge is 2.29. The minimum Gasteiger partial charge on any atom is -0.451 e. The van der Waals surface area contributed by atoms with Crippen molar-refractivity contribution in [2.24, 2.45) is 0 Å². The van der Waals surface area contributed by atoms with Crippen LogP contribution < -0.4 is 4.72 Å². The Labute approximate surface area is 158 Å². The number of nitrogens with zero attached hydrogens (tertiary/aromatic N) is 1. The van der Waals surface area contributed by atoms with Crippen molar-refractivity contribution in [1.82, 2.24) is 9.62 Å². The zero-order chi connectivity index (χ0) is 19.4. The number of amides is 1. The van der Waals surface area contributed by atoms with Crippen LogP contribution in [0, 0.1) is 5.82 Å². The summed E-state index contributed by atoms with van der Waals surface area (Å²) < 4.78 is 44.5. The van der Waals surface area contributed by atoms with Crippen molar-refractivity contribution >= 4 is 15.9 Å². The fraction of sp³-hybridized carbons (Fsp3) is 0.421. The number of carbonyl (C=O) groups is 1. The molecular weight excluding hydrogens is 371 g/mol. The van der Waals surface area contributed by atoms with Gasteiger partial charge in [0, 0.05) is 19.1 Å².